The Bertz CT molecular complexity index is 286. The van der Waals surface area contributed by atoms with Gasteiger partial charge in [-0.05, 0) is 6.07 Å². The van der Waals surface area contributed by atoms with Gasteiger partial charge in [0.2, 0.25) is 0 Å². The molecule has 0 saturated carbocycles. The van der Waals surface area contributed by atoms with E-state index in [4.69, 9.17) is 27.9 Å². The predicted octanol–water partition coefficient (Wildman–Crippen LogP) is 2.46. The van der Waals surface area contributed by atoms with Gasteiger partial charge in [0.25, 0.3) is 0 Å². The van der Waals surface area contributed by atoms with Gasteiger partial charge < -0.3 is 4.74 Å². The van der Waals surface area contributed by atoms with E-state index < -0.39 is 0 Å². The summed E-state index contributed by atoms with van der Waals surface area (Å²) in [4.78, 5) is 3.89. The van der Waals surface area contributed by atoms with Crippen LogP contribution in [0.25, 0.3) is 0 Å². The Balaban J connectivity index is 2.36. The monoisotopic (exact) mass is 189 g/mol. The number of hydrogen-bond acceptors (Lipinski definition) is 2. The predicted molar refractivity (Wildman–Crippen MR) is 43.0 cm³/mol. The van der Waals surface area contributed by atoms with Gasteiger partial charge in [-0.15, -0.1) is 0 Å². The first kappa shape index (κ1) is 7.35. The molecule has 2 rings (SSSR count). The van der Waals surface area contributed by atoms with Crippen molar-refractivity contribution in [2.75, 3.05) is 6.61 Å². The van der Waals surface area contributed by atoms with Gasteiger partial charge in [-0.1, -0.05) is 23.2 Å². The lowest BCUT2D eigenvalue weighted by Gasteiger charge is -1.96. The van der Waals surface area contributed by atoms with Crippen LogP contribution in [0.5, 0.6) is 0 Å². The van der Waals surface area contributed by atoms with E-state index in [2.05, 4.69) is 4.98 Å². The topological polar surface area (TPSA) is 25.4 Å². The van der Waals surface area contributed by atoms with Crippen LogP contribution in [0, 0.1) is 0 Å². The number of halogens is 2. The molecule has 0 aliphatic carbocycles. The third-order valence-electron chi connectivity index (χ3n) is 1.52. The zero-order chi connectivity index (χ0) is 7.84. The smallest absolute Gasteiger partial charge is 0.147 e. The maximum atomic E-state index is 5.74. The zero-order valence-corrected chi connectivity index (χ0v) is 7.06. The summed E-state index contributed by atoms with van der Waals surface area (Å²) >= 11 is 11.4. The summed E-state index contributed by atoms with van der Waals surface area (Å²) in [5.41, 5.74) is 0.999. The Morgan fingerprint density at radius 2 is 2.27 bits per heavy atom. The van der Waals surface area contributed by atoms with E-state index in [1.165, 1.54) is 0 Å². The van der Waals surface area contributed by atoms with Gasteiger partial charge in [0.05, 0.1) is 11.6 Å². The molecule has 1 aliphatic heterocycles. The van der Waals surface area contributed by atoms with E-state index in [1.807, 2.05) is 0 Å². The number of rotatable bonds is 1. The van der Waals surface area contributed by atoms with E-state index in [0.717, 1.165) is 12.2 Å². The van der Waals surface area contributed by atoms with E-state index >= 15 is 0 Å². The third kappa shape index (κ3) is 1.48. The van der Waals surface area contributed by atoms with Crippen LogP contribution in [0.1, 0.15) is 11.7 Å². The van der Waals surface area contributed by atoms with Crippen molar-refractivity contribution in [1.29, 1.82) is 0 Å². The summed E-state index contributed by atoms with van der Waals surface area (Å²) in [5.74, 6) is 0. The van der Waals surface area contributed by atoms with Crippen molar-refractivity contribution in [2.24, 2.45) is 0 Å². The highest BCUT2D eigenvalue weighted by molar-refractivity contribution is 6.41. The van der Waals surface area contributed by atoms with E-state index in [-0.39, 0.29) is 6.10 Å². The van der Waals surface area contributed by atoms with Crippen molar-refractivity contribution in [3.05, 3.63) is 28.0 Å². The van der Waals surface area contributed by atoms with Crippen molar-refractivity contribution >= 4 is 23.2 Å². The normalized spacial score (nSPS) is 21.8. The van der Waals surface area contributed by atoms with Gasteiger partial charge in [0.15, 0.2) is 0 Å². The Morgan fingerprint density at radius 1 is 1.55 bits per heavy atom. The minimum Gasteiger partial charge on any atom is -0.368 e. The molecule has 0 N–H and O–H groups in total. The lowest BCUT2D eigenvalue weighted by atomic mass is 10.2. The average molecular weight is 190 g/mol. The molecule has 0 bridgehead atoms. The molecule has 0 spiro atoms. The highest BCUT2D eigenvalue weighted by atomic mass is 35.5. The molecule has 1 saturated heterocycles. The highest BCUT2D eigenvalue weighted by Gasteiger charge is 2.25. The fraction of sp³-hybridized carbons (Fsp3) is 0.286. The third-order valence-corrected chi connectivity index (χ3v) is 2.21. The Kier molecular flexibility index (Phi) is 1.75. The van der Waals surface area contributed by atoms with E-state index in [1.54, 1.807) is 12.3 Å². The van der Waals surface area contributed by atoms with Crippen LogP contribution < -0.4 is 0 Å². The van der Waals surface area contributed by atoms with E-state index in [0.29, 0.717) is 10.2 Å². The molecular formula is C7H5Cl2NO. The van der Waals surface area contributed by atoms with E-state index in [9.17, 15) is 0 Å². The Labute approximate surface area is 74.1 Å². The standard InChI is InChI=1S/C7H5Cl2NO/c8-5-1-4(6-3-11-6)2-10-7(5)9/h1-2,6H,3H2/t6-/m0/s1. The van der Waals surface area contributed by atoms with Gasteiger partial charge in [-0.2, -0.15) is 0 Å². The fourth-order valence-electron chi connectivity index (χ4n) is 0.853. The molecule has 2 heterocycles. The number of aromatic nitrogens is 1. The van der Waals surface area contributed by atoms with Crippen molar-refractivity contribution in [3.8, 4) is 0 Å². The molecule has 2 nitrogen and oxygen atoms in total. The molecule has 0 amide bonds. The van der Waals surface area contributed by atoms with Crippen LogP contribution in [0.2, 0.25) is 10.2 Å². The van der Waals surface area contributed by atoms with Gasteiger partial charge >= 0.3 is 0 Å². The second-order valence-electron chi connectivity index (χ2n) is 2.36. The molecule has 11 heavy (non-hydrogen) atoms. The number of pyridine rings is 1. The van der Waals surface area contributed by atoms with Crippen molar-refractivity contribution in [2.45, 2.75) is 6.10 Å². The minimum atomic E-state index is 0.192. The molecule has 4 heteroatoms. The number of nitrogens with zero attached hydrogens (tertiary/aromatic N) is 1. The molecule has 1 aliphatic rings. The van der Waals surface area contributed by atoms with Crippen LogP contribution in [-0.4, -0.2) is 11.6 Å². The number of ether oxygens (including phenoxy) is 1. The van der Waals surface area contributed by atoms with Gasteiger partial charge in [0, 0.05) is 11.8 Å². The lowest BCUT2D eigenvalue weighted by Crippen LogP contribution is -1.83. The molecule has 0 radical (unpaired) electrons. The summed E-state index contributed by atoms with van der Waals surface area (Å²) in [6, 6.07) is 1.79. The lowest BCUT2D eigenvalue weighted by molar-refractivity contribution is 0.415. The first-order chi connectivity index (χ1) is 5.27. The highest BCUT2D eigenvalue weighted by Crippen LogP contribution is 2.32. The Hall–Kier alpha value is -0.310. The molecule has 1 fully saturated rings. The van der Waals surface area contributed by atoms with Gasteiger partial charge in [0.1, 0.15) is 11.3 Å². The quantitative estimate of drug-likeness (QED) is 0.502. The first-order valence-electron chi connectivity index (χ1n) is 3.20. The molecule has 1 aromatic heterocycles. The first-order valence-corrected chi connectivity index (χ1v) is 3.95. The van der Waals surface area contributed by atoms with Crippen LogP contribution >= 0.6 is 23.2 Å². The van der Waals surface area contributed by atoms with Crippen LogP contribution in [0.3, 0.4) is 0 Å². The minimum absolute atomic E-state index is 0.192. The fourth-order valence-corrected chi connectivity index (χ4v) is 1.13. The largest absolute Gasteiger partial charge is 0.368 e. The molecule has 58 valence electrons. The summed E-state index contributed by atoms with van der Waals surface area (Å²) < 4.78 is 5.05. The molecule has 0 aromatic carbocycles. The summed E-state index contributed by atoms with van der Waals surface area (Å²) in [6.45, 7) is 0.764. The van der Waals surface area contributed by atoms with Crippen LogP contribution in [0.15, 0.2) is 12.3 Å². The van der Waals surface area contributed by atoms with Gasteiger partial charge in [-0.25, -0.2) is 4.98 Å². The second-order valence-corrected chi connectivity index (χ2v) is 3.13. The van der Waals surface area contributed by atoms with Crippen molar-refractivity contribution < 1.29 is 4.74 Å². The SMILES string of the molecule is Clc1cc([C@@H]2CO2)cnc1Cl. The van der Waals surface area contributed by atoms with Crippen molar-refractivity contribution in [3.63, 3.8) is 0 Å². The molecule has 1 aromatic rings. The molecule has 1 atom stereocenters. The zero-order valence-electron chi connectivity index (χ0n) is 5.55. The summed E-state index contributed by atoms with van der Waals surface area (Å²) in [7, 11) is 0. The average Bonchev–Trinajstić information content (AvgIpc) is 2.77. The number of epoxide rings is 1. The Morgan fingerprint density at radius 3 is 2.82 bits per heavy atom. The molecular weight excluding hydrogens is 185 g/mol. The second kappa shape index (κ2) is 2.63. The molecule has 0 unspecified atom stereocenters. The van der Waals surface area contributed by atoms with Crippen molar-refractivity contribution in [1.82, 2.24) is 4.98 Å². The summed E-state index contributed by atoms with van der Waals surface area (Å²) in [5, 5.41) is 0.829. The number of hydrogen-bond donors (Lipinski definition) is 0. The maximum Gasteiger partial charge on any atom is 0.147 e. The van der Waals surface area contributed by atoms with Crippen LogP contribution in [0.4, 0.5) is 0 Å². The van der Waals surface area contributed by atoms with Gasteiger partial charge in [-0.3, -0.25) is 0 Å². The summed E-state index contributed by atoms with van der Waals surface area (Å²) in [6.07, 6.45) is 1.88. The van der Waals surface area contributed by atoms with Crippen LogP contribution in [-0.2, 0) is 4.74 Å². The maximum absolute atomic E-state index is 5.74.